The van der Waals surface area contributed by atoms with Crippen molar-refractivity contribution in [3.8, 4) is 0 Å². The lowest BCUT2D eigenvalue weighted by molar-refractivity contribution is 0.0555. The number of aromatic nitrogens is 2. The van der Waals surface area contributed by atoms with Gasteiger partial charge in [-0.15, -0.1) is 0 Å². The van der Waals surface area contributed by atoms with Crippen molar-refractivity contribution >= 4 is 6.03 Å². The van der Waals surface area contributed by atoms with Crippen LogP contribution in [0.5, 0.6) is 0 Å². The zero-order valence-electron chi connectivity index (χ0n) is 13.5. The van der Waals surface area contributed by atoms with Crippen LogP contribution >= 0.6 is 0 Å². The molecule has 1 aromatic carbocycles. The summed E-state index contributed by atoms with van der Waals surface area (Å²) in [5, 5.41) is 19.4. The molecule has 0 aliphatic carbocycles. The Morgan fingerprint density at radius 2 is 2.12 bits per heavy atom. The predicted molar refractivity (Wildman–Crippen MR) is 84.2 cm³/mol. The van der Waals surface area contributed by atoms with E-state index in [4.69, 9.17) is 0 Å². The Labute approximate surface area is 138 Å². The fraction of sp³-hybridized carbons (Fsp3) is 0.375. The van der Waals surface area contributed by atoms with E-state index in [2.05, 4.69) is 15.7 Å². The minimum Gasteiger partial charge on any atom is -0.383 e. The molecule has 0 saturated carbocycles. The molecule has 1 aromatic heterocycles. The molecule has 0 bridgehead atoms. The van der Waals surface area contributed by atoms with Crippen LogP contribution in [-0.4, -0.2) is 34.0 Å². The molecule has 8 heteroatoms. The van der Waals surface area contributed by atoms with E-state index in [1.165, 1.54) is 6.92 Å². The number of rotatable bonds is 6. The Morgan fingerprint density at radius 3 is 2.75 bits per heavy atom. The normalized spacial score (nSPS) is 13.4. The van der Waals surface area contributed by atoms with Crippen LogP contribution in [0.1, 0.15) is 18.1 Å². The first-order chi connectivity index (χ1) is 11.3. The molecule has 0 aliphatic heterocycles. The summed E-state index contributed by atoms with van der Waals surface area (Å²) in [6.07, 6.45) is 4.17. The maximum absolute atomic E-state index is 13.7. The summed E-state index contributed by atoms with van der Waals surface area (Å²) in [5.41, 5.74) is -0.754. The number of carbonyl (C=O) groups excluding carboxylic acids is 1. The fourth-order valence-electron chi connectivity index (χ4n) is 2.26. The van der Waals surface area contributed by atoms with Gasteiger partial charge < -0.3 is 15.7 Å². The van der Waals surface area contributed by atoms with Gasteiger partial charge >= 0.3 is 6.03 Å². The average molecular weight is 338 g/mol. The number of halogens is 2. The number of benzene rings is 1. The monoisotopic (exact) mass is 338 g/mol. The zero-order chi connectivity index (χ0) is 17.7. The highest BCUT2D eigenvalue weighted by molar-refractivity contribution is 5.73. The Hall–Kier alpha value is -2.48. The summed E-state index contributed by atoms with van der Waals surface area (Å²) < 4.78 is 28.3. The number of carbonyl (C=O) groups is 1. The molecule has 2 amide bonds. The quantitative estimate of drug-likeness (QED) is 0.746. The van der Waals surface area contributed by atoms with Gasteiger partial charge in [0, 0.05) is 31.4 Å². The first-order valence-corrected chi connectivity index (χ1v) is 7.45. The van der Waals surface area contributed by atoms with Crippen LogP contribution in [0, 0.1) is 11.6 Å². The number of nitrogens with zero attached hydrogens (tertiary/aromatic N) is 2. The van der Waals surface area contributed by atoms with Gasteiger partial charge in [-0.3, -0.25) is 4.68 Å². The van der Waals surface area contributed by atoms with Gasteiger partial charge in [0.2, 0.25) is 0 Å². The van der Waals surface area contributed by atoms with Crippen molar-refractivity contribution < 1.29 is 18.7 Å². The highest BCUT2D eigenvalue weighted by Crippen LogP contribution is 2.23. The molecule has 2 rings (SSSR count). The summed E-state index contributed by atoms with van der Waals surface area (Å²) >= 11 is 0. The second-order valence-corrected chi connectivity index (χ2v) is 5.78. The van der Waals surface area contributed by atoms with E-state index in [1.54, 1.807) is 17.9 Å². The summed E-state index contributed by atoms with van der Waals surface area (Å²) in [5.74, 6) is -1.59. The van der Waals surface area contributed by atoms with Crippen LogP contribution in [0.2, 0.25) is 0 Å². The van der Waals surface area contributed by atoms with Crippen molar-refractivity contribution in [2.45, 2.75) is 18.9 Å². The molecule has 0 radical (unpaired) electrons. The number of aliphatic hydroxyl groups is 1. The lowest BCUT2D eigenvalue weighted by atomic mass is 9.95. The van der Waals surface area contributed by atoms with Crippen molar-refractivity contribution in [1.29, 1.82) is 0 Å². The highest BCUT2D eigenvalue weighted by atomic mass is 19.1. The Morgan fingerprint density at radius 1 is 1.38 bits per heavy atom. The van der Waals surface area contributed by atoms with Crippen LogP contribution in [0.15, 0.2) is 30.6 Å². The summed E-state index contributed by atoms with van der Waals surface area (Å²) in [6.45, 7) is 1.53. The van der Waals surface area contributed by atoms with Gasteiger partial charge in [0.05, 0.1) is 12.7 Å². The second kappa shape index (κ2) is 7.39. The largest absolute Gasteiger partial charge is 0.383 e. The van der Waals surface area contributed by atoms with Crippen LogP contribution in [0.3, 0.4) is 0 Å². The minimum atomic E-state index is -1.65. The van der Waals surface area contributed by atoms with Crippen LogP contribution in [-0.2, 0) is 19.1 Å². The number of hydrogen-bond acceptors (Lipinski definition) is 3. The lowest BCUT2D eigenvalue weighted by Crippen LogP contribution is -2.44. The van der Waals surface area contributed by atoms with Gasteiger partial charge in [-0.1, -0.05) is 6.07 Å². The second-order valence-electron chi connectivity index (χ2n) is 5.78. The molecule has 1 unspecified atom stereocenters. The molecule has 6 nitrogen and oxygen atoms in total. The Balaban J connectivity index is 1.81. The first-order valence-electron chi connectivity index (χ1n) is 7.45. The van der Waals surface area contributed by atoms with Crippen molar-refractivity contribution in [2.75, 3.05) is 13.1 Å². The van der Waals surface area contributed by atoms with Crippen molar-refractivity contribution in [1.82, 2.24) is 20.4 Å². The molecule has 1 heterocycles. The molecule has 24 heavy (non-hydrogen) atoms. The maximum Gasteiger partial charge on any atom is 0.314 e. The van der Waals surface area contributed by atoms with Gasteiger partial charge in [-0.2, -0.15) is 5.10 Å². The third kappa shape index (κ3) is 4.76. The van der Waals surface area contributed by atoms with Crippen molar-refractivity contribution in [3.05, 3.63) is 53.4 Å². The molecule has 130 valence electrons. The van der Waals surface area contributed by atoms with E-state index in [9.17, 15) is 18.7 Å². The number of urea groups is 1. The van der Waals surface area contributed by atoms with Gasteiger partial charge in [0.1, 0.15) is 17.2 Å². The summed E-state index contributed by atoms with van der Waals surface area (Å²) in [4.78, 5) is 11.7. The van der Waals surface area contributed by atoms with E-state index in [1.807, 2.05) is 6.20 Å². The number of aryl methyl sites for hydroxylation is 1. The molecule has 3 N–H and O–H groups in total. The van der Waals surface area contributed by atoms with Gasteiger partial charge in [0.25, 0.3) is 0 Å². The van der Waals surface area contributed by atoms with Gasteiger partial charge in [-0.25, -0.2) is 13.6 Å². The molecule has 0 fully saturated rings. The average Bonchev–Trinajstić information content (AvgIpc) is 2.90. The van der Waals surface area contributed by atoms with Crippen molar-refractivity contribution in [2.24, 2.45) is 7.05 Å². The minimum absolute atomic E-state index is 0.0837. The first kappa shape index (κ1) is 17.9. The van der Waals surface area contributed by atoms with Crippen LogP contribution < -0.4 is 10.6 Å². The van der Waals surface area contributed by atoms with E-state index < -0.39 is 23.3 Å². The third-order valence-corrected chi connectivity index (χ3v) is 3.56. The van der Waals surface area contributed by atoms with Crippen LogP contribution in [0.4, 0.5) is 13.6 Å². The molecule has 0 aliphatic rings. The molecule has 0 saturated heterocycles. The summed E-state index contributed by atoms with van der Waals surface area (Å²) in [7, 11) is 1.81. The zero-order valence-corrected chi connectivity index (χ0v) is 13.5. The van der Waals surface area contributed by atoms with Gasteiger partial charge in [-0.05, 0) is 25.0 Å². The van der Waals surface area contributed by atoms with E-state index in [0.717, 1.165) is 17.7 Å². The number of amides is 2. The lowest BCUT2D eigenvalue weighted by Gasteiger charge is -2.24. The van der Waals surface area contributed by atoms with E-state index in [-0.39, 0.29) is 12.1 Å². The SMILES string of the molecule is Cn1cc(CCNC(=O)NCC(C)(O)c2ccc(F)cc2F)cn1. The standard InChI is InChI=1S/C16H20F2N4O2/c1-16(24,13-4-3-12(17)7-14(13)18)10-20-15(23)19-6-5-11-8-21-22(2)9-11/h3-4,7-9,24H,5-6,10H2,1-2H3,(H2,19,20,23). The number of hydrogen-bond donors (Lipinski definition) is 3. The highest BCUT2D eigenvalue weighted by Gasteiger charge is 2.27. The van der Waals surface area contributed by atoms with E-state index in [0.29, 0.717) is 19.0 Å². The molecule has 2 aromatic rings. The molecule has 1 atom stereocenters. The van der Waals surface area contributed by atoms with Crippen molar-refractivity contribution in [3.63, 3.8) is 0 Å². The topological polar surface area (TPSA) is 79.2 Å². The van der Waals surface area contributed by atoms with E-state index >= 15 is 0 Å². The smallest absolute Gasteiger partial charge is 0.314 e. The summed E-state index contributed by atoms with van der Waals surface area (Å²) in [6, 6.07) is 2.42. The third-order valence-electron chi connectivity index (χ3n) is 3.56. The molecular weight excluding hydrogens is 318 g/mol. The number of nitrogens with one attached hydrogen (secondary N) is 2. The predicted octanol–water partition coefficient (Wildman–Crippen LogP) is 1.45. The Kier molecular flexibility index (Phi) is 5.50. The van der Waals surface area contributed by atoms with Gasteiger partial charge in [0.15, 0.2) is 0 Å². The Bertz CT molecular complexity index is 716. The van der Waals surface area contributed by atoms with Crippen LogP contribution in [0.25, 0.3) is 0 Å². The molecular formula is C16H20F2N4O2. The fourth-order valence-corrected chi connectivity index (χ4v) is 2.26. The maximum atomic E-state index is 13.7. The molecule has 0 spiro atoms.